The van der Waals surface area contributed by atoms with Crippen LogP contribution in [0.3, 0.4) is 0 Å². The van der Waals surface area contributed by atoms with Crippen molar-refractivity contribution in [1.29, 1.82) is 0 Å². The van der Waals surface area contributed by atoms with Crippen LogP contribution >= 0.6 is 0 Å². The van der Waals surface area contributed by atoms with Crippen molar-refractivity contribution in [2.75, 3.05) is 13.1 Å². The van der Waals surface area contributed by atoms with E-state index in [4.69, 9.17) is 0 Å². The molecular formula is C19H22FN3O3S. The minimum atomic E-state index is -3.12. The summed E-state index contributed by atoms with van der Waals surface area (Å²) in [5.41, 5.74) is 1.17. The van der Waals surface area contributed by atoms with Crippen molar-refractivity contribution in [1.82, 2.24) is 14.1 Å². The van der Waals surface area contributed by atoms with E-state index in [0.717, 1.165) is 31.2 Å². The monoisotopic (exact) mass is 391 g/mol. The summed E-state index contributed by atoms with van der Waals surface area (Å²) in [5.74, 6) is -0.107. The van der Waals surface area contributed by atoms with Gasteiger partial charge >= 0.3 is 0 Å². The van der Waals surface area contributed by atoms with Crippen LogP contribution < -0.4 is 5.56 Å². The molecule has 0 amide bonds. The number of benzene rings is 1. The van der Waals surface area contributed by atoms with E-state index in [1.807, 2.05) is 0 Å². The van der Waals surface area contributed by atoms with Crippen LogP contribution in [0.25, 0.3) is 11.3 Å². The molecule has 0 unspecified atom stereocenters. The molecule has 2 aromatic rings. The molecular weight excluding hydrogens is 369 g/mol. The lowest BCUT2D eigenvalue weighted by atomic mass is 9.98. The molecule has 1 aromatic heterocycles. The third-order valence-corrected chi connectivity index (χ3v) is 7.72. The fourth-order valence-electron chi connectivity index (χ4n) is 3.52. The van der Waals surface area contributed by atoms with Crippen LogP contribution in [0.5, 0.6) is 0 Å². The molecule has 2 aliphatic rings. The minimum absolute atomic E-state index is 0.175. The summed E-state index contributed by atoms with van der Waals surface area (Å²) < 4.78 is 40.8. The second-order valence-corrected chi connectivity index (χ2v) is 9.55. The van der Waals surface area contributed by atoms with Gasteiger partial charge in [0.05, 0.1) is 10.9 Å². The van der Waals surface area contributed by atoms with Crippen LogP contribution in [0.2, 0.25) is 0 Å². The summed E-state index contributed by atoms with van der Waals surface area (Å²) in [6.45, 7) is 1.48. The molecule has 2 heterocycles. The van der Waals surface area contributed by atoms with E-state index in [-0.39, 0.29) is 22.5 Å². The van der Waals surface area contributed by atoms with Gasteiger partial charge < -0.3 is 0 Å². The smallest absolute Gasteiger partial charge is 0.266 e. The van der Waals surface area contributed by atoms with Crippen LogP contribution in [-0.2, 0) is 16.6 Å². The molecule has 0 radical (unpaired) electrons. The van der Waals surface area contributed by atoms with Crippen molar-refractivity contribution in [3.05, 3.63) is 52.6 Å². The highest BCUT2D eigenvalue weighted by Crippen LogP contribution is 2.33. The van der Waals surface area contributed by atoms with E-state index in [0.29, 0.717) is 25.3 Å². The molecule has 4 rings (SSSR count). The summed E-state index contributed by atoms with van der Waals surface area (Å²) >= 11 is 0. The van der Waals surface area contributed by atoms with E-state index in [9.17, 15) is 17.6 Å². The predicted molar refractivity (Wildman–Crippen MR) is 100 cm³/mol. The Kier molecular flexibility index (Phi) is 4.86. The SMILES string of the molecule is O=c1ccc(-c2ccc(F)cc2)nn1CC1CCN(S(=O)(=O)C2CC2)CC1. The van der Waals surface area contributed by atoms with Gasteiger partial charge in [0.15, 0.2) is 0 Å². The zero-order valence-corrected chi connectivity index (χ0v) is 15.7. The first kappa shape index (κ1) is 18.3. The average Bonchev–Trinajstić information content (AvgIpc) is 3.51. The van der Waals surface area contributed by atoms with Crippen LogP contribution in [0, 0.1) is 11.7 Å². The molecule has 1 aliphatic heterocycles. The highest BCUT2D eigenvalue weighted by atomic mass is 32.2. The largest absolute Gasteiger partial charge is 0.268 e. The maximum absolute atomic E-state index is 13.1. The van der Waals surface area contributed by atoms with Gasteiger partial charge in [-0.15, -0.1) is 0 Å². The molecule has 0 atom stereocenters. The number of rotatable bonds is 5. The summed E-state index contributed by atoms with van der Waals surface area (Å²) in [6, 6.07) is 9.10. The van der Waals surface area contributed by atoms with Crippen molar-refractivity contribution in [3.63, 3.8) is 0 Å². The highest BCUT2D eigenvalue weighted by molar-refractivity contribution is 7.90. The Bertz CT molecular complexity index is 976. The Morgan fingerprint density at radius 3 is 2.30 bits per heavy atom. The van der Waals surface area contributed by atoms with Crippen molar-refractivity contribution in [2.24, 2.45) is 5.92 Å². The Morgan fingerprint density at radius 2 is 1.67 bits per heavy atom. The fraction of sp³-hybridized carbons (Fsp3) is 0.474. The molecule has 0 N–H and O–H groups in total. The molecule has 8 heteroatoms. The Hall–Kier alpha value is -2.06. The summed E-state index contributed by atoms with van der Waals surface area (Å²) in [7, 11) is -3.12. The topological polar surface area (TPSA) is 72.3 Å². The molecule has 1 aromatic carbocycles. The van der Waals surface area contributed by atoms with Gasteiger partial charge in [-0.05, 0) is 61.9 Å². The summed E-state index contributed by atoms with van der Waals surface area (Å²) in [5, 5.41) is 4.25. The van der Waals surface area contributed by atoms with Crippen LogP contribution in [0.15, 0.2) is 41.2 Å². The molecule has 1 saturated heterocycles. The zero-order chi connectivity index (χ0) is 19.0. The first-order chi connectivity index (χ1) is 12.9. The lowest BCUT2D eigenvalue weighted by Gasteiger charge is -2.31. The quantitative estimate of drug-likeness (QED) is 0.784. The number of hydrogen-bond donors (Lipinski definition) is 0. The second-order valence-electron chi connectivity index (χ2n) is 7.33. The van der Waals surface area contributed by atoms with Crippen molar-refractivity contribution >= 4 is 10.0 Å². The van der Waals surface area contributed by atoms with Gasteiger partial charge in [-0.1, -0.05) is 0 Å². The summed E-state index contributed by atoms with van der Waals surface area (Å²) in [6.07, 6.45) is 3.00. The van der Waals surface area contributed by atoms with Gasteiger partial charge in [0.25, 0.3) is 5.56 Å². The molecule has 1 saturated carbocycles. The Morgan fingerprint density at radius 1 is 1.00 bits per heavy atom. The van der Waals surface area contributed by atoms with Gasteiger partial charge in [0, 0.05) is 31.3 Å². The maximum Gasteiger partial charge on any atom is 0.266 e. The molecule has 2 fully saturated rings. The lowest BCUT2D eigenvalue weighted by molar-refractivity contribution is 0.244. The van der Waals surface area contributed by atoms with E-state index < -0.39 is 10.0 Å². The fourth-order valence-corrected chi connectivity index (χ4v) is 5.40. The van der Waals surface area contributed by atoms with Crippen molar-refractivity contribution < 1.29 is 12.8 Å². The number of piperidine rings is 1. The standard InChI is InChI=1S/C19H22FN3O3S/c20-16-3-1-15(2-4-16)18-7-8-19(24)23(21-18)13-14-9-11-22(12-10-14)27(25,26)17-5-6-17/h1-4,7-8,14,17H,5-6,9-13H2. The van der Waals surface area contributed by atoms with Gasteiger partial charge in [-0.25, -0.2) is 21.8 Å². The van der Waals surface area contributed by atoms with E-state index in [2.05, 4.69) is 5.10 Å². The first-order valence-electron chi connectivity index (χ1n) is 9.26. The zero-order valence-electron chi connectivity index (χ0n) is 14.9. The number of nitrogens with zero attached hydrogens (tertiary/aromatic N) is 3. The number of halogens is 1. The van der Waals surface area contributed by atoms with E-state index in [1.54, 1.807) is 22.5 Å². The van der Waals surface area contributed by atoms with Gasteiger partial charge in [-0.3, -0.25) is 4.79 Å². The third-order valence-electron chi connectivity index (χ3n) is 5.32. The van der Waals surface area contributed by atoms with Gasteiger partial charge in [-0.2, -0.15) is 5.10 Å². The summed E-state index contributed by atoms with van der Waals surface area (Å²) in [4.78, 5) is 12.2. The minimum Gasteiger partial charge on any atom is -0.268 e. The second kappa shape index (κ2) is 7.16. The number of sulfonamides is 1. The highest BCUT2D eigenvalue weighted by Gasteiger charge is 2.41. The lowest BCUT2D eigenvalue weighted by Crippen LogP contribution is -2.41. The number of hydrogen-bond acceptors (Lipinski definition) is 4. The molecule has 1 aliphatic carbocycles. The normalized spacial score (nSPS) is 19.3. The third kappa shape index (κ3) is 3.96. The van der Waals surface area contributed by atoms with E-state index >= 15 is 0 Å². The van der Waals surface area contributed by atoms with Crippen LogP contribution in [0.1, 0.15) is 25.7 Å². The first-order valence-corrected chi connectivity index (χ1v) is 10.8. The van der Waals surface area contributed by atoms with Crippen molar-refractivity contribution in [2.45, 2.75) is 37.5 Å². The average molecular weight is 391 g/mol. The van der Waals surface area contributed by atoms with Gasteiger partial charge in [0.1, 0.15) is 5.82 Å². The molecule has 0 bridgehead atoms. The molecule has 27 heavy (non-hydrogen) atoms. The van der Waals surface area contributed by atoms with Gasteiger partial charge in [0.2, 0.25) is 10.0 Å². The van der Waals surface area contributed by atoms with E-state index in [1.165, 1.54) is 22.9 Å². The van der Waals surface area contributed by atoms with Crippen molar-refractivity contribution in [3.8, 4) is 11.3 Å². The predicted octanol–water partition coefficient (Wildman–Crippen LogP) is 2.25. The van der Waals surface area contributed by atoms with Crippen LogP contribution in [0.4, 0.5) is 4.39 Å². The Balaban J connectivity index is 1.45. The Labute approximate surface area is 157 Å². The molecule has 6 nitrogen and oxygen atoms in total. The molecule has 0 spiro atoms. The number of aromatic nitrogens is 2. The maximum atomic E-state index is 13.1. The molecule has 144 valence electrons. The van der Waals surface area contributed by atoms with Crippen LogP contribution in [-0.4, -0.2) is 40.8 Å².